The third kappa shape index (κ3) is 2.75. The largest absolute Gasteiger partial charge is 0.331 e. The van der Waals surface area contributed by atoms with Crippen LogP contribution < -0.4 is 10.2 Å². The van der Waals surface area contributed by atoms with Crippen LogP contribution in [0.3, 0.4) is 0 Å². The van der Waals surface area contributed by atoms with E-state index in [1.165, 1.54) is 4.90 Å². The average molecular weight is 483 g/mol. The molecule has 1 aliphatic carbocycles. The lowest BCUT2D eigenvalue weighted by Gasteiger charge is -2.64. The van der Waals surface area contributed by atoms with Gasteiger partial charge in [-0.25, -0.2) is 9.69 Å². The Kier molecular flexibility index (Phi) is 4.46. The molecular formula is C28H26N4O4. The molecule has 6 atom stereocenters. The summed E-state index contributed by atoms with van der Waals surface area (Å²) < 4.78 is 0. The number of amides is 5. The van der Waals surface area contributed by atoms with Crippen molar-refractivity contribution in [1.82, 2.24) is 9.80 Å². The number of carbonyl (C=O) groups excluding carboxylic acids is 4. The lowest BCUT2D eigenvalue weighted by molar-refractivity contribution is -0.175. The Bertz CT molecular complexity index is 1310. The summed E-state index contributed by atoms with van der Waals surface area (Å²) in [5, 5.41) is 2.97. The maximum Gasteiger partial charge on any atom is 0.321 e. The fourth-order valence-corrected chi connectivity index (χ4v) is 7.39. The van der Waals surface area contributed by atoms with Gasteiger partial charge >= 0.3 is 6.03 Å². The molecule has 4 fully saturated rings. The smallest absolute Gasteiger partial charge is 0.321 e. The standard InChI is InChI=1S/C28H26N4O4/c33-24-21-11-12-28(23-22(21)25(34)32(26(23)35)20-9-5-2-6-10-20)18-13-17(15-31(24)28)14-30(16-18)27(36)29-19-7-3-1-4-8-19/h1-12,17-18,21-23H,13-16H2,(H,29,36)/t17-,18-,21-,22+,23-,28-/m1/s1. The van der Waals surface area contributed by atoms with Gasteiger partial charge in [-0.05, 0) is 36.6 Å². The van der Waals surface area contributed by atoms with E-state index in [0.29, 0.717) is 25.3 Å². The van der Waals surface area contributed by atoms with E-state index in [-0.39, 0.29) is 35.6 Å². The van der Waals surface area contributed by atoms with Gasteiger partial charge in [0.05, 0.1) is 29.0 Å². The van der Waals surface area contributed by atoms with E-state index < -0.39 is 23.3 Å². The third-order valence-electron chi connectivity index (χ3n) is 8.78. The third-order valence-corrected chi connectivity index (χ3v) is 8.78. The number of nitrogens with zero attached hydrogens (tertiary/aromatic N) is 3. The van der Waals surface area contributed by atoms with Crippen molar-refractivity contribution >= 4 is 35.1 Å². The lowest BCUT2D eigenvalue weighted by Crippen LogP contribution is -2.76. The molecule has 0 unspecified atom stereocenters. The molecule has 2 aromatic carbocycles. The summed E-state index contributed by atoms with van der Waals surface area (Å²) in [5.41, 5.74) is 0.369. The number of anilines is 2. The summed E-state index contributed by atoms with van der Waals surface area (Å²) in [6.45, 7) is 1.46. The zero-order chi connectivity index (χ0) is 24.6. The molecule has 1 N–H and O–H groups in total. The van der Waals surface area contributed by atoms with E-state index in [1.54, 1.807) is 24.3 Å². The Morgan fingerprint density at radius 1 is 0.861 bits per heavy atom. The minimum Gasteiger partial charge on any atom is -0.331 e. The van der Waals surface area contributed by atoms with Crippen molar-refractivity contribution in [3.63, 3.8) is 0 Å². The highest BCUT2D eigenvalue weighted by Gasteiger charge is 2.72. The van der Waals surface area contributed by atoms with Crippen molar-refractivity contribution in [1.29, 1.82) is 0 Å². The van der Waals surface area contributed by atoms with Crippen LogP contribution in [0.2, 0.25) is 0 Å². The molecule has 8 rings (SSSR count). The normalized spacial score (nSPS) is 34.1. The second-order valence-electron chi connectivity index (χ2n) is 10.6. The Morgan fingerprint density at radius 2 is 1.58 bits per heavy atom. The molecule has 6 aliphatic rings. The highest BCUT2D eigenvalue weighted by Crippen LogP contribution is 2.58. The molecule has 1 spiro atoms. The van der Waals surface area contributed by atoms with Crippen LogP contribution in [0, 0.1) is 29.6 Å². The number of hydrogen-bond donors (Lipinski definition) is 1. The summed E-state index contributed by atoms with van der Waals surface area (Å²) >= 11 is 0. The molecule has 0 aromatic heterocycles. The minimum atomic E-state index is -0.894. The van der Waals surface area contributed by atoms with E-state index >= 15 is 0 Å². The molecule has 0 saturated carbocycles. The maximum absolute atomic E-state index is 14.0. The number of imide groups is 1. The molecule has 0 radical (unpaired) electrons. The van der Waals surface area contributed by atoms with Gasteiger partial charge in [-0.3, -0.25) is 14.4 Å². The van der Waals surface area contributed by atoms with Crippen LogP contribution in [-0.2, 0) is 14.4 Å². The Hall–Kier alpha value is -3.94. The predicted octanol–water partition coefficient (Wildman–Crippen LogP) is 2.74. The number of para-hydroxylation sites is 2. The zero-order valence-electron chi connectivity index (χ0n) is 19.6. The predicted molar refractivity (Wildman–Crippen MR) is 132 cm³/mol. The van der Waals surface area contributed by atoms with Gasteiger partial charge in [0.25, 0.3) is 0 Å². The maximum atomic E-state index is 14.0. The zero-order valence-corrected chi connectivity index (χ0v) is 19.6. The molecule has 5 aliphatic heterocycles. The second kappa shape index (κ2) is 7.53. The second-order valence-corrected chi connectivity index (χ2v) is 10.6. The van der Waals surface area contributed by atoms with Gasteiger partial charge in [0.2, 0.25) is 17.7 Å². The van der Waals surface area contributed by atoms with Crippen LogP contribution in [0.15, 0.2) is 72.8 Å². The van der Waals surface area contributed by atoms with Crippen molar-refractivity contribution in [2.45, 2.75) is 12.0 Å². The summed E-state index contributed by atoms with van der Waals surface area (Å²) in [6, 6.07) is 18.1. The highest BCUT2D eigenvalue weighted by molar-refractivity contribution is 6.24. The molecule has 4 bridgehead atoms. The van der Waals surface area contributed by atoms with Gasteiger partial charge in [0.1, 0.15) is 0 Å². The van der Waals surface area contributed by atoms with Crippen molar-refractivity contribution < 1.29 is 19.2 Å². The van der Waals surface area contributed by atoms with Crippen molar-refractivity contribution in [3.8, 4) is 0 Å². The van der Waals surface area contributed by atoms with E-state index in [2.05, 4.69) is 5.32 Å². The van der Waals surface area contributed by atoms with Gasteiger partial charge in [0.15, 0.2) is 0 Å². The van der Waals surface area contributed by atoms with Gasteiger partial charge in [0, 0.05) is 31.2 Å². The Balaban J connectivity index is 1.25. The topological polar surface area (TPSA) is 90.0 Å². The fourth-order valence-electron chi connectivity index (χ4n) is 7.39. The lowest BCUT2D eigenvalue weighted by atomic mass is 9.54. The number of benzene rings is 2. The molecule has 8 nitrogen and oxygen atoms in total. The van der Waals surface area contributed by atoms with Crippen LogP contribution in [0.25, 0.3) is 0 Å². The van der Waals surface area contributed by atoms with E-state index in [1.807, 2.05) is 58.4 Å². The number of hydrogen-bond acceptors (Lipinski definition) is 4. The van der Waals surface area contributed by atoms with Crippen LogP contribution in [0.5, 0.6) is 0 Å². The monoisotopic (exact) mass is 482 g/mol. The summed E-state index contributed by atoms with van der Waals surface area (Å²) in [7, 11) is 0. The fraction of sp³-hybridized carbons (Fsp3) is 0.357. The first-order valence-corrected chi connectivity index (χ1v) is 12.5. The first-order valence-electron chi connectivity index (χ1n) is 12.5. The Morgan fingerprint density at radius 3 is 2.33 bits per heavy atom. The quantitative estimate of drug-likeness (QED) is 0.527. The number of rotatable bonds is 2. The van der Waals surface area contributed by atoms with Crippen LogP contribution in [0.1, 0.15) is 6.42 Å². The Labute approximate surface area is 208 Å². The number of fused-ring (bicyclic) bond motifs is 2. The average Bonchev–Trinajstić information content (AvgIpc) is 3.18. The molecule has 5 heterocycles. The summed E-state index contributed by atoms with van der Waals surface area (Å²) in [4.78, 5) is 59.4. The van der Waals surface area contributed by atoms with Crippen molar-refractivity contribution in [2.75, 3.05) is 29.9 Å². The van der Waals surface area contributed by atoms with Crippen molar-refractivity contribution in [2.24, 2.45) is 29.6 Å². The minimum absolute atomic E-state index is 0.0632. The number of likely N-dealkylation sites (tertiary alicyclic amines) is 1. The summed E-state index contributed by atoms with van der Waals surface area (Å²) in [6.07, 6.45) is 4.67. The van der Waals surface area contributed by atoms with Gasteiger partial charge in [-0.2, -0.15) is 0 Å². The van der Waals surface area contributed by atoms with Crippen LogP contribution >= 0.6 is 0 Å². The molecule has 182 valence electrons. The number of urea groups is 1. The number of nitrogens with one attached hydrogen (secondary N) is 1. The molecule has 8 heteroatoms. The van der Waals surface area contributed by atoms with Gasteiger partial charge in [-0.1, -0.05) is 48.6 Å². The first-order chi connectivity index (χ1) is 17.5. The number of carbonyl (C=O) groups is 4. The molecule has 4 saturated heterocycles. The molecule has 2 aromatic rings. The summed E-state index contributed by atoms with van der Waals surface area (Å²) in [5.74, 6) is -2.55. The van der Waals surface area contributed by atoms with Crippen LogP contribution in [-0.4, -0.2) is 58.7 Å². The van der Waals surface area contributed by atoms with E-state index in [4.69, 9.17) is 0 Å². The van der Waals surface area contributed by atoms with Gasteiger partial charge < -0.3 is 15.1 Å². The first kappa shape index (κ1) is 21.4. The number of piperidine rings is 3. The van der Waals surface area contributed by atoms with Crippen molar-refractivity contribution in [3.05, 3.63) is 72.8 Å². The van der Waals surface area contributed by atoms with E-state index in [0.717, 1.165) is 12.1 Å². The van der Waals surface area contributed by atoms with Gasteiger partial charge in [-0.15, -0.1) is 0 Å². The van der Waals surface area contributed by atoms with Crippen LogP contribution in [0.4, 0.5) is 16.2 Å². The highest BCUT2D eigenvalue weighted by atomic mass is 16.2. The molecule has 5 amide bonds. The SMILES string of the molecule is O=C(Nc1ccccc1)N1C[C@H]2C[C@H](C1)[C@@]13C=C[C@@H](C(=O)N1C2)[C@@H]1C(=O)N(c2ccccc2)C(=O)[C@@H]13. The van der Waals surface area contributed by atoms with E-state index in [9.17, 15) is 19.2 Å². The molecule has 36 heavy (non-hydrogen) atoms. The molecular weight excluding hydrogens is 456 g/mol.